The molecule has 13 heteroatoms. The van der Waals surface area contributed by atoms with Crippen LogP contribution in [0.1, 0.15) is 5.56 Å². The number of nitrogens with zero attached hydrogens (tertiary/aromatic N) is 1. The fourth-order valence-electron chi connectivity index (χ4n) is 3.53. The number of ether oxygens (including phenoxy) is 2. The standard InChI is InChI=1S/C26H17Cl4N3O6/c1-38-21-10-13(9-19(30)23(21)39-12-22(34)31-20-5-3-2-4-17(20)28)8-15-24(35)32-26(37)33(25(15)36)14-6-7-16(27)18(29)11-14/h2-11H,12H2,1H3,(H,31,34)(H,32,35,37)/b15-8-. The summed E-state index contributed by atoms with van der Waals surface area (Å²) in [5.41, 5.74) is 0.453. The second-order valence-corrected chi connectivity index (χ2v) is 9.54. The van der Waals surface area contributed by atoms with Crippen LogP contribution in [-0.4, -0.2) is 37.5 Å². The number of amides is 5. The van der Waals surface area contributed by atoms with Gasteiger partial charge in [0.05, 0.1) is 38.6 Å². The molecule has 9 nitrogen and oxygen atoms in total. The van der Waals surface area contributed by atoms with E-state index in [1.54, 1.807) is 24.3 Å². The Balaban J connectivity index is 1.57. The van der Waals surface area contributed by atoms with Gasteiger partial charge in [-0.2, -0.15) is 0 Å². The lowest BCUT2D eigenvalue weighted by molar-refractivity contribution is -0.122. The maximum Gasteiger partial charge on any atom is 0.335 e. The van der Waals surface area contributed by atoms with Crippen molar-refractivity contribution in [2.24, 2.45) is 0 Å². The van der Waals surface area contributed by atoms with Gasteiger partial charge >= 0.3 is 6.03 Å². The molecule has 4 rings (SSSR count). The zero-order chi connectivity index (χ0) is 28.3. The van der Waals surface area contributed by atoms with E-state index in [0.717, 1.165) is 4.90 Å². The second-order valence-electron chi connectivity index (χ2n) is 7.91. The summed E-state index contributed by atoms with van der Waals surface area (Å²) in [5.74, 6) is -2.12. The molecule has 0 atom stereocenters. The summed E-state index contributed by atoms with van der Waals surface area (Å²) in [4.78, 5) is 51.2. The molecule has 0 saturated carbocycles. The fraction of sp³-hybridized carbons (Fsp3) is 0.0769. The van der Waals surface area contributed by atoms with E-state index in [1.807, 2.05) is 0 Å². The van der Waals surface area contributed by atoms with E-state index in [-0.39, 0.29) is 43.4 Å². The molecule has 5 amide bonds. The Labute approximate surface area is 242 Å². The Morgan fingerprint density at radius 3 is 2.38 bits per heavy atom. The van der Waals surface area contributed by atoms with Crippen LogP contribution >= 0.6 is 46.4 Å². The number of imide groups is 2. The number of para-hydroxylation sites is 1. The Morgan fingerprint density at radius 2 is 1.69 bits per heavy atom. The molecule has 200 valence electrons. The predicted octanol–water partition coefficient (Wildman–Crippen LogP) is 5.99. The number of rotatable bonds is 7. The van der Waals surface area contributed by atoms with Gasteiger partial charge < -0.3 is 14.8 Å². The summed E-state index contributed by atoms with van der Waals surface area (Å²) < 4.78 is 10.9. The van der Waals surface area contributed by atoms with Crippen LogP contribution in [0, 0.1) is 0 Å². The first kappa shape index (κ1) is 28.3. The van der Waals surface area contributed by atoms with Gasteiger partial charge in [0.1, 0.15) is 5.57 Å². The Hall–Kier alpha value is -3.76. The Kier molecular flexibility index (Phi) is 8.66. The van der Waals surface area contributed by atoms with Crippen LogP contribution in [0.2, 0.25) is 20.1 Å². The molecule has 2 N–H and O–H groups in total. The molecule has 0 spiro atoms. The van der Waals surface area contributed by atoms with E-state index < -0.39 is 30.4 Å². The number of nitrogens with one attached hydrogen (secondary N) is 2. The minimum absolute atomic E-state index is 0.0350. The maximum atomic E-state index is 13.2. The molecule has 1 heterocycles. The molecular weight excluding hydrogens is 592 g/mol. The number of methoxy groups -OCH3 is 1. The molecule has 1 saturated heterocycles. The van der Waals surface area contributed by atoms with E-state index in [4.69, 9.17) is 55.9 Å². The first-order chi connectivity index (χ1) is 18.6. The smallest absolute Gasteiger partial charge is 0.335 e. The van der Waals surface area contributed by atoms with E-state index in [0.29, 0.717) is 10.7 Å². The van der Waals surface area contributed by atoms with Crippen LogP contribution in [0.4, 0.5) is 16.2 Å². The van der Waals surface area contributed by atoms with Crippen molar-refractivity contribution in [2.45, 2.75) is 0 Å². The van der Waals surface area contributed by atoms with Gasteiger partial charge in [-0.15, -0.1) is 0 Å². The van der Waals surface area contributed by atoms with Crippen molar-refractivity contribution >= 4 is 87.6 Å². The summed E-state index contributed by atoms with van der Waals surface area (Å²) in [5, 5.41) is 5.47. The topological polar surface area (TPSA) is 114 Å². The molecule has 0 radical (unpaired) electrons. The van der Waals surface area contributed by atoms with Gasteiger partial charge in [0.15, 0.2) is 18.1 Å². The van der Waals surface area contributed by atoms with Crippen molar-refractivity contribution in [1.29, 1.82) is 0 Å². The number of halogens is 4. The SMILES string of the molecule is COc1cc(/C=C2/C(=O)NC(=O)N(c3ccc(Cl)c(Cl)c3)C2=O)cc(Cl)c1OCC(=O)Nc1ccccc1Cl. The maximum absolute atomic E-state index is 13.2. The molecule has 1 aliphatic rings. The zero-order valence-electron chi connectivity index (χ0n) is 19.9. The third-order valence-corrected chi connectivity index (χ3v) is 6.67. The fourth-order valence-corrected chi connectivity index (χ4v) is 4.28. The first-order valence-electron chi connectivity index (χ1n) is 11.0. The minimum Gasteiger partial charge on any atom is -0.493 e. The van der Waals surface area contributed by atoms with Gasteiger partial charge in [-0.1, -0.05) is 58.5 Å². The van der Waals surface area contributed by atoms with Crippen molar-refractivity contribution in [3.05, 3.63) is 85.8 Å². The molecule has 0 bridgehead atoms. The summed E-state index contributed by atoms with van der Waals surface area (Å²) in [6.07, 6.45) is 1.23. The second kappa shape index (κ2) is 12.0. The Bertz CT molecular complexity index is 1540. The third-order valence-electron chi connectivity index (χ3n) is 5.32. The predicted molar refractivity (Wildman–Crippen MR) is 149 cm³/mol. The van der Waals surface area contributed by atoms with Gasteiger partial charge in [0, 0.05) is 0 Å². The normalized spacial score (nSPS) is 14.3. The lowest BCUT2D eigenvalue weighted by Gasteiger charge is -2.26. The van der Waals surface area contributed by atoms with Crippen molar-refractivity contribution in [3.8, 4) is 11.5 Å². The molecule has 0 unspecified atom stereocenters. The number of hydrogen-bond donors (Lipinski definition) is 2. The van der Waals surface area contributed by atoms with Gasteiger partial charge in [0.25, 0.3) is 17.7 Å². The average Bonchev–Trinajstić information content (AvgIpc) is 2.89. The van der Waals surface area contributed by atoms with E-state index >= 15 is 0 Å². The summed E-state index contributed by atoms with van der Waals surface area (Å²) in [6, 6.07) is 12.7. The number of hydrogen-bond acceptors (Lipinski definition) is 6. The summed E-state index contributed by atoms with van der Waals surface area (Å²) in [6.45, 7) is -0.413. The molecular formula is C26H17Cl4N3O6. The van der Waals surface area contributed by atoms with Crippen molar-refractivity contribution in [1.82, 2.24) is 5.32 Å². The number of anilines is 2. The molecule has 1 aliphatic heterocycles. The lowest BCUT2D eigenvalue weighted by atomic mass is 10.1. The van der Waals surface area contributed by atoms with Crippen molar-refractivity contribution < 1.29 is 28.7 Å². The van der Waals surface area contributed by atoms with Crippen LogP contribution in [0.15, 0.2) is 60.2 Å². The molecule has 0 aliphatic carbocycles. The number of carbonyl (C=O) groups is 4. The highest BCUT2D eigenvalue weighted by Gasteiger charge is 2.37. The third kappa shape index (κ3) is 6.29. The van der Waals surface area contributed by atoms with Crippen LogP contribution in [-0.2, 0) is 14.4 Å². The molecule has 3 aromatic carbocycles. The van der Waals surface area contributed by atoms with E-state index in [1.165, 1.54) is 43.5 Å². The number of barbiturate groups is 1. The molecule has 3 aromatic rings. The summed E-state index contributed by atoms with van der Waals surface area (Å²) >= 11 is 24.4. The highest BCUT2D eigenvalue weighted by Crippen LogP contribution is 2.37. The van der Waals surface area contributed by atoms with E-state index in [9.17, 15) is 19.2 Å². The van der Waals surface area contributed by atoms with Crippen molar-refractivity contribution in [2.75, 3.05) is 23.9 Å². The zero-order valence-corrected chi connectivity index (χ0v) is 22.9. The number of benzene rings is 3. The quantitative estimate of drug-likeness (QED) is 0.251. The van der Waals surface area contributed by atoms with Gasteiger partial charge in [0.2, 0.25) is 0 Å². The molecule has 1 fully saturated rings. The summed E-state index contributed by atoms with van der Waals surface area (Å²) in [7, 11) is 1.35. The highest BCUT2D eigenvalue weighted by atomic mass is 35.5. The highest BCUT2D eigenvalue weighted by molar-refractivity contribution is 6.43. The van der Waals surface area contributed by atoms with Crippen LogP contribution < -0.4 is 25.0 Å². The van der Waals surface area contributed by atoms with Crippen LogP contribution in [0.3, 0.4) is 0 Å². The van der Waals surface area contributed by atoms with Crippen molar-refractivity contribution in [3.63, 3.8) is 0 Å². The Morgan fingerprint density at radius 1 is 0.949 bits per heavy atom. The van der Waals surface area contributed by atoms with Gasteiger partial charge in [-0.25, -0.2) is 9.69 Å². The van der Waals surface area contributed by atoms with E-state index in [2.05, 4.69) is 10.6 Å². The van der Waals surface area contributed by atoms with Crippen LogP contribution in [0.25, 0.3) is 6.08 Å². The molecule has 39 heavy (non-hydrogen) atoms. The monoisotopic (exact) mass is 607 g/mol. The van der Waals surface area contributed by atoms with Crippen LogP contribution in [0.5, 0.6) is 11.5 Å². The minimum atomic E-state index is -0.949. The number of carbonyl (C=O) groups excluding carboxylic acids is 4. The first-order valence-corrected chi connectivity index (χ1v) is 12.5. The van der Waals surface area contributed by atoms with Gasteiger partial charge in [-0.05, 0) is 54.1 Å². The largest absolute Gasteiger partial charge is 0.493 e. The van der Waals surface area contributed by atoms with Gasteiger partial charge in [-0.3, -0.25) is 19.7 Å². The molecule has 0 aromatic heterocycles. The lowest BCUT2D eigenvalue weighted by Crippen LogP contribution is -2.54. The number of urea groups is 1. The average molecular weight is 609 g/mol.